The molecule has 1 aliphatic rings. The number of nitrogens with two attached hydrogens (primary N) is 1. The molecule has 94 valence electrons. The first kappa shape index (κ1) is 12.4. The number of hydrogen-bond acceptors (Lipinski definition) is 2. The second-order valence-electron chi connectivity index (χ2n) is 5.16. The van der Waals surface area contributed by atoms with Gasteiger partial charge in [-0.05, 0) is 44.4 Å². The van der Waals surface area contributed by atoms with E-state index < -0.39 is 5.67 Å². The summed E-state index contributed by atoms with van der Waals surface area (Å²) in [5.41, 5.74) is 5.22. The third kappa shape index (κ3) is 2.78. The second-order valence-corrected chi connectivity index (χ2v) is 5.16. The molecule has 1 aromatic carbocycles. The Labute approximate surface area is 102 Å². The van der Waals surface area contributed by atoms with E-state index in [2.05, 4.69) is 0 Å². The predicted octanol–water partition coefficient (Wildman–Crippen LogP) is 3.15. The smallest absolute Gasteiger partial charge is 0.137 e. The van der Waals surface area contributed by atoms with Gasteiger partial charge in [-0.3, -0.25) is 0 Å². The summed E-state index contributed by atoms with van der Waals surface area (Å²) in [6, 6.07) is 7.32. The van der Waals surface area contributed by atoms with Gasteiger partial charge in [0.25, 0.3) is 0 Å². The Morgan fingerprint density at radius 1 is 1.47 bits per heavy atom. The maximum absolute atomic E-state index is 14.7. The topological polar surface area (TPSA) is 35.2 Å². The Hall–Kier alpha value is -1.09. The van der Waals surface area contributed by atoms with Crippen LogP contribution in [0, 0.1) is 0 Å². The number of ether oxygens (including phenoxy) is 1. The molecule has 2 nitrogen and oxygen atoms in total. The first-order valence-corrected chi connectivity index (χ1v) is 6.21. The van der Waals surface area contributed by atoms with E-state index in [0.717, 1.165) is 12.2 Å². The molecule has 0 aromatic heterocycles. The van der Waals surface area contributed by atoms with E-state index in [1.165, 1.54) is 0 Å². The molecule has 2 atom stereocenters. The number of hydrogen-bond donors (Lipinski definition) is 1. The van der Waals surface area contributed by atoms with Crippen molar-refractivity contribution in [3.05, 3.63) is 29.8 Å². The minimum absolute atomic E-state index is 0.0188. The van der Waals surface area contributed by atoms with Crippen molar-refractivity contribution >= 4 is 0 Å². The quantitative estimate of drug-likeness (QED) is 0.876. The number of halogens is 1. The Morgan fingerprint density at radius 2 is 2.24 bits per heavy atom. The molecule has 0 saturated heterocycles. The van der Waals surface area contributed by atoms with Gasteiger partial charge in [0.15, 0.2) is 0 Å². The largest absolute Gasteiger partial charge is 0.491 e. The van der Waals surface area contributed by atoms with Gasteiger partial charge in [0.05, 0.1) is 6.10 Å². The molecule has 1 aliphatic carbocycles. The van der Waals surface area contributed by atoms with E-state index in [1.807, 2.05) is 32.0 Å². The summed E-state index contributed by atoms with van der Waals surface area (Å²) >= 11 is 0. The average molecular weight is 237 g/mol. The average Bonchev–Trinajstić information content (AvgIpc) is 2.59. The Bertz CT molecular complexity index is 394. The lowest BCUT2D eigenvalue weighted by atomic mass is 9.94. The zero-order valence-electron chi connectivity index (χ0n) is 10.4. The molecule has 0 spiro atoms. The normalized spacial score (nSPS) is 28.6. The molecule has 1 fully saturated rings. The van der Waals surface area contributed by atoms with Gasteiger partial charge in [0.2, 0.25) is 0 Å². The highest BCUT2D eigenvalue weighted by molar-refractivity contribution is 5.33. The van der Waals surface area contributed by atoms with Gasteiger partial charge in [-0.25, -0.2) is 4.39 Å². The van der Waals surface area contributed by atoms with Crippen LogP contribution in [0.3, 0.4) is 0 Å². The fourth-order valence-electron chi connectivity index (χ4n) is 2.42. The molecule has 2 rings (SSSR count). The van der Waals surface area contributed by atoms with Crippen LogP contribution < -0.4 is 10.5 Å². The number of benzene rings is 1. The van der Waals surface area contributed by atoms with Crippen LogP contribution in [0.4, 0.5) is 4.39 Å². The molecule has 0 radical (unpaired) electrons. The van der Waals surface area contributed by atoms with E-state index in [-0.39, 0.29) is 12.1 Å². The highest BCUT2D eigenvalue weighted by atomic mass is 19.1. The molecule has 1 aromatic rings. The zero-order chi connectivity index (χ0) is 12.5. The zero-order valence-corrected chi connectivity index (χ0v) is 10.4. The molecular formula is C14H20FNO. The van der Waals surface area contributed by atoms with Crippen molar-refractivity contribution in [1.82, 2.24) is 0 Å². The second kappa shape index (κ2) is 4.65. The highest BCUT2D eigenvalue weighted by Gasteiger charge is 2.39. The maximum Gasteiger partial charge on any atom is 0.137 e. The lowest BCUT2D eigenvalue weighted by Crippen LogP contribution is -2.21. The standard InChI is InChI=1S/C14H20FNO/c1-10(2)17-13-5-3-4-11(8-13)14(15)7-6-12(16)9-14/h3-5,8,10,12H,6-7,9,16H2,1-2H3. The van der Waals surface area contributed by atoms with E-state index in [9.17, 15) is 4.39 Å². The van der Waals surface area contributed by atoms with Crippen LogP contribution >= 0.6 is 0 Å². The van der Waals surface area contributed by atoms with Crippen LogP contribution in [0.1, 0.15) is 38.7 Å². The number of rotatable bonds is 3. The van der Waals surface area contributed by atoms with E-state index in [0.29, 0.717) is 18.4 Å². The van der Waals surface area contributed by atoms with E-state index in [1.54, 1.807) is 6.07 Å². The van der Waals surface area contributed by atoms with Crippen molar-refractivity contribution in [2.24, 2.45) is 5.73 Å². The van der Waals surface area contributed by atoms with Crippen LogP contribution in [0.25, 0.3) is 0 Å². The fraction of sp³-hybridized carbons (Fsp3) is 0.571. The van der Waals surface area contributed by atoms with Crippen molar-refractivity contribution in [2.75, 3.05) is 0 Å². The Morgan fingerprint density at radius 3 is 2.82 bits per heavy atom. The van der Waals surface area contributed by atoms with Crippen LogP contribution in [0.5, 0.6) is 5.75 Å². The third-order valence-electron chi connectivity index (χ3n) is 3.22. The first-order valence-electron chi connectivity index (χ1n) is 6.21. The molecular weight excluding hydrogens is 217 g/mol. The maximum atomic E-state index is 14.7. The molecule has 0 heterocycles. The third-order valence-corrected chi connectivity index (χ3v) is 3.22. The van der Waals surface area contributed by atoms with Crippen molar-refractivity contribution in [1.29, 1.82) is 0 Å². The van der Waals surface area contributed by atoms with Crippen molar-refractivity contribution < 1.29 is 9.13 Å². The summed E-state index contributed by atoms with van der Waals surface area (Å²) in [6.45, 7) is 3.92. The van der Waals surface area contributed by atoms with E-state index >= 15 is 0 Å². The molecule has 0 aliphatic heterocycles. The highest BCUT2D eigenvalue weighted by Crippen LogP contribution is 2.42. The predicted molar refractivity (Wildman–Crippen MR) is 66.8 cm³/mol. The van der Waals surface area contributed by atoms with Gasteiger partial charge < -0.3 is 10.5 Å². The summed E-state index contributed by atoms with van der Waals surface area (Å²) in [5.74, 6) is 0.731. The molecule has 0 bridgehead atoms. The van der Waals surface area contributed by atoms with E-state index in [4.69, 9.17) is 10.5 Å². The molecule has 0 amide bonds. The van der Waals surface area contributed by atoms with Gasteiger partial charge in [-0.1, -0.05) is 12.1 Å². The monoisotopic (exact) mass is 237 g/mol. The van der Waals surface area contributed by atoms with Crippen LogP contribution in [0.15, 0.2) is 24.3 Å². The number of alkyl halides is 1. The minimum Gasteiger partial charge on any atom is -0.491 e. The molecule has 2 N–H and O–H groups in total. The molecule has 2 unspecified atom stereocenters. The summed E-state index contributed by atoms with van der Waals surface area (Å²) in [6.07, 6.45) is 1.79. The summed E-state index contributed by atoms with van der Waals surface area (Å²) in [5, 5.41) is 0. The fourth-order valence-corrected chi connectivity index (χ4v) is 2.42. The first-order chi connectivity index (χ1) is 7.99. The lowest BCUT2D eigenvalue weighted by Gasteiger charge is -2.21. The lowest BCUT2D eigenvalue weighted by molar-refractivity contribution is 0.171. The van der Waals surface area contributed by atoms with Crippen LogP contribution in [-0.4, -0.2) is 12.1 Å². The summed E-state index contributed by atoms with van der Waals surface area (Å²) in [4.78, 5) is 0. The van der Waals surface area contributed by atoms with Gasteiger partial charge in [-0.15, -0.1) is 0 Å². The summed E-state index contributed by atoms with van der Waals surface area (Å²) < 4.78 is 20.3. The molecule has 17 heavy (non-hydrogen) atoms. The molecule has 3 heteroatoms. The van der Waals surface area contributed by atoms with Gasteiger partial charge >= 0.3 is 0 Å². The Kier molecular flexibility index (Phi) is 3.38. The van der Waals surface area contributed by atoms with Crippen molar-refractivity contribution in [3.8, 4) is 5.75 Å². The van der Waals surface area contributed by atoms with Gasteiger partial charge in [0, 0.05) is 12.5 Å². The van der Waals surface area contributed by atoms with Crippen LogP contribution in [0.2, 0.25) is 0 Å². The SMILES string of the molecule is CC(C)Oc1cccc(C2(F)CCC(N)C2)c1. The van der Waals surface area contributed by atoms with Crippen molar-refractivity contribution in [3.63, 3.8) is 0 Å². The van der Waals surface area contributed by atoms with Crippen LogP contribution in [-0.2, 0) is 5.67 Å². The van der Waals surface area contributed by atoms with Gasteiger partial charge in [0.1, 0.15) is 11.4 Å². The van der Waals surface area contributed by atoms with Crippen molar-refractivity contribution in [2.45, 2.75) is 50.9 Å². The van der Waals surface area contributed by atoms with Gasteiger partial charge in [-0.2, -0.15) is 0 Å². The summed E-state index contributed by atoms with van der Waals surface area (Å²) in [7, 11) is 0. The Balaban J connectivity index is 2.21. The molecule has 1 saturated carbocycles. The minimum atomic E-state index is -1.27.